The maximum absolute atomic E-state index is 5.67. The molecule has 0 aliphatic carbocycles. The molecule has 0 atom stereocenters. The first-order valence-corrected chi connectivity index (χ1v) is 7.83. The molecular weight excluding hydrogens is 280 g/mol. The van der Waals surface area contributed by atoms with E-state index in [9.17, 15) is 0 Å². The van der Waals surface area contributed by atoms with Gasteiger partial charge >= 0.3 is 0 Å². The maximum atomic E-state index is 5.67. The lowest BCUT2D eigenvalue weighted by Crippen LogP contribution is -1.92. The standard InChI is InChI=1S/C22H18O/c1-15-13-17-8-3-4-9-18(17)14-20(15)22-19-10-6-5-7-16(19)11-12-21(22)23-2/h3-14H,1-2H3. The van der Waals surface area contributed by atoms with Gasteiger partial charge in [0.1, 0.15) is 5.75 Å². The molecule has 0 saturated carbocycles. The van der Waals surface area contributed by atoms with Gasteiger partial charge in [0.2, 0.25) is 0 Å². The van der Waals surface area contributed by atoms with Crippen molar-refractivity contribution < 1.29 is 4.74 Å². The Balaban J connectivity index is 2.11. The van der Waals surface area contributed by atoms with Gasteiger partial charge in [-0.05, 0) is 51.7 Å². The zero-order valence-electron chi connectivity index (χ0n) is 13.3. The molecule has 4 rings (SSSR count). The van der Waals surface area contributed by atoms with Crippen LogP contribution in [-0.4, -0.2) is 7.11 Å². The van der Waals surface area contributed by atoms with Gasteiger partial charge in [-0.25, -0.2) is 0 Å². The van der Waals surface area contributed by atoms with Crippen LogP contribution in [0.15, 0.2) is 72.8 Å². The third kappa shape index (κ3) is 2.25. The van der Waals surface area contributed by atoms with Gasteiger partial charge in [-0.15, -0.1) is 0 Å². The van der Waals surface area contributed by atoms with Crippen molar-refractivity contribution in [3.63, 3.8) is 0 Å². The summed E-state index contributed by atoms with van der Waals surface area (Å²) in [5, 5.41) is 4.98. The molecule has 1 nitrogen and oxygen atoms in total. The summed E-state index contributed by atoms with van der Waals surface area (Å²) >= 11 is 0. The second-order valence-corrected chi connectivity index (χ2v) is 5.88. The molecule has 1 heteroatoms. The summed E-state index contributed by atoms with van der Waals surface area (Å²) in [6, 6.07) is 25.7. The van der Waals surface area contributed by atoms with Crippen molar-refractivity contribution in [3.8, 4) is 16.9 Å². The summed E-state index contributed by atoms with van der Waals surface area (Å²) in [6.45, 7) is 2.17. The van der Waals surface area contributed by atoms with Crippen molar-refractivity contribution in [2.45, 2.75) is 6.92 Å². The van der Waals surface area contributed by atoms with E-state index in [1.807, 2.05) is 0 Å². The van der Waals surface area contributed by atoms with Crippen molar-refractivity contribution in [3.05, 3.63) is 78.4 Å². The molecule has 0 aliphatic rings. The zero-order chi connectivity index (χ0) is 15.8. The smallest absolute Gasteiger partial charge is 0.127 e. The van der Waals surface area contributed by atoms with Gasteiger partial charge in [0, 0.05) is 5.56 Å². The normalized spacial score (nSPS) is 11.0. The van der Waals surface area contributed by atoms with Gasteiger partial charge in [0.15, 0.2) is 0 Å². The fourth-order valence-electron chi connectivity index (χ4n) is 3.32. The lowest BCUT2D eigenvalue weighted by atomic mass is 9.92. The summed E-state index contributed by atoms with van der Waals surface area (Å²) in [7, 11) is 1.74. The van der Waals surface area contributed by atoms with Gasteiger partial charge in [0.05, 0.1) is 7.11 Å². The van der Waals surface area contributed by atoms with Crippen molar-refractivity contribution >= 4 is 21.5 Å². The van der Waals surface area contributed by atoms with Gasteiger partial charge in [0.25, 0.3) is 0 Å². The quantitative estimate of drug-likeness (QED) is 0.442. The summed E-state index contributed by atoms with van der Waals surface area (Å²) < 4.78 is 5.67. The summed E-state index contributed by atoms with van der Waals surface area (Å²) in [5.74, 6) is 0.919. The first-order valence-electron chi connectivity index (χ1n) is 7.83. The third-order valence-corrected chi connectivity index (χ3v) is 4.47. The highest BCUT2D eigenvalue weighted by molar-refractivity contribution is 6.02. The van der Waals surface area contributed by atoms with Crippen molar-refractivity contribution in [1.29, 1.82) is 0 Å². The average Bonchev–Trinajstić information content (AvgIpc) is 2.60. The third-order valence-electron chi connectivity index (χ3n) is 4.47. The van der Waals surface area contributed by atoms with Crippen LogP contribution in [0, 0.1) is 6.92 Å². The van der Waals surface area contributed by atoms with Crippen LogP contribution in [0.25, 0.3) is 32.7 Å². The predicted molar refractivity (Wildman–Crippen MR) is 98.2 cm³/mol. The topological polar surface area (TPSA) is 9.23 Å². The second kappa shape index (κ2) is 5.44. The summed E-state index contributed by atoms with van der Waals surface area (Å²) in [5.41, 5.74) is 3.67. The number of ether oxygens (including phenoxy) is 1. The van der Waals surface area contributed by atoms with E-state index < -0.39 is 0 Å². The maximum Gasteiger partial charge on any atom is 0.127 e. The highest BCUT2D eigenvalue weighted by Crippen LogP contribution is 2.39. The molecule has 4 aromatic carbocycles. The van der Waals surface area contributed by atoms with Gasteiger partial charge in [-0.3, -0.25) is 0 Å². The zero-order valence-corrected chi connectivity index (χ0v) is 13.3. The Morgan fingerprint density at radius 2 is 1.35 bits per heavy atom. The molecule has 0 spiro atoms. The van der Waals surface area contributed by atoms with Gasteiger partial charge < -0.3 is 4.74 Å². The van der Waals surface area contributed by atoms with E-state index in [0.717, 1.165) is 5.75 Å². The molecule has 23 heavy (non-hydrogen) atoms. The summed E-state index contributed by atoms with van der Waals surface area (Å²) in [6.07, 6.45) is 0. The molecule has 0 aliphatic heterocycles. The Labute approximate surface area is 136 Å². The molecule has 4 aromatic rings. The van der Waals surface area contributed by atoms with E-state index in [1.165, 1.54) is 38.2 Å². The fraction of sp³-hybridized carbons (Fsp3) is 0.0909. The Kier molecular flexibility index (Phi) is 3.27. The van der Waals surface area contributed by atoms with Gasteiger partial charge in [-0.1, -0.05) is 60.7 Å². The molecule has 0 aromatic heterocycles. The molecule has 0 unspecified atom stereocenters. The number of methoxy groups -OCH3 is 1. The Bertz CT molecular complexity index is 1010. The molecule has 0 fully saturated rings. The van der Waals surface area contributed by atoms with Crippen LogP contribution < -0.4 is 4.74 Å². The van der Waals surface area contributed by atoms with Gasteiger partial charge in [-0.2, -0.15) is 0 Å². The van der Waals surface area contributed by atoms with Crippen molar-refractivity contribution in [2.75, 3.05) is 7.11 Å². The second-order valence-electron chi connectivity index (χ2n) is 5.88. The minimum absolute atomic E-state index is 0.919. The van der Waals surface area contributed by atoms with Crippen molar-refractivity contribution in [2.24, 2.45) is 0 Å². The minimum atomic E-state index is 0.919. The van der Waals surface area contributed by atoms with E-state index in [1.54, 1.807) is 7.11 Å². The SMILES string of the molecule is COc1ccc2ccccc2c1-c1cc2ccccc2cc1C. The predicted octanol–water partition coefficient (Wildman–Crippen LogP) is 5.98. The highest BCUT2D eigenvalue weighted by atomic mass is 16.5. The molecule has 112 valence electrons. The molecule has 0 heterocycles. The van der Waals surface area contributed by atoms with Crippen LogP contribution in [0.4, 0.5) is 0 Å². The Hall–Kier alpha value is -2.80. The van der Waals surface area contributed by atoms with E-state index in [4.69, 9.17) is 4.74 Å². The number of benzene rings is 4. The van der Waals surface area contributed by atoms with E-state index in [0.29, 0.717) is 0 Å². The van der Waals surface area contributed by atoms with Crippen LogP contribution >= 0.6 is 0 Å². The first kappa shape index (κ1) is 13.8. The molecule has 0 amide bonds. The molecule has 0 saturated heterocycles. The fourth-order valence-corrected chi connectivity index (χ4v) is 3.32. The number of aryl methyl sites for hydroxylation is 1. The van der Waals surface area contributed by atoms with E-state index >= 15 is 0 Å². The molecular formula is C22H18O. The van der Waals surface area contributed by atoms with Crippen LogP contribution in [0.1, 0.15) is 5.56 Å². The number of fused-ring (bicyclic) bond motifs is 2. The van der Waals surface area contributed by atoms with Crippen LogP contribution in [0.5, 0.6) is 5.75 Å². The largest absolute Gasteiger partial charge is 0.496 e. The number of hydrogen-bond donors (Lipinski definition) is 0. The Morgan fingerprint density at radius 3 is 2.09 bits per heavy atom. The average molecular weight is 298 g/mol. The van der Waals surface area contributed by atoms with Crippen LogP contribution in [0.2, 0.25) is 0 Å². The van der Waals surface area contributed by atoms with Crippen molar-refractivity contribution in [1.82, 2.24) is 0 Å². The first-order chi connectivity index (χ1) is 11.3. The lowest BCUT2D eigenvalue weighted by Gasteiger charge is -2.15. The molecule has 0 bridgehead atoms. The molecule has 0 N–H and O–H groups in total. The summed E-state index contributed by atoms with van der Waals surface area (Å²) in [4.78, 5) is 0. The number of hydrogen-bond acceptors (Lipinski definition) is 1. The van der Waals surface area contributed by atoms with E-state index in [2.05, 4.69) is 79.7 Å². The Morgan fingerprint density at radius 1 is 0.696 bits per heavy atom. The van der Waals surface area contributed by atoms with Crippen LogP contribution in [-0.2, 0) is 0 Å². The monoisotopic (exact) mass is 298 g/mol. The van der Waals surface area contributed by atoms with E-state index in [-0.39, 0.29) is 0 Å². The minimum Gasteiger partial charge on any atom is -0.496 e. The lowest BCUT2D eigenvalue weighted by molar-refractivity contribution is 0.417. The highest BCUT2D eigenvalue weighted by Gasteiger charge is 2.13. The number of rotatable bonds is 2. The molecule has 0 radical (unpaired) electrons. The van der Waals surface area contributed by atoms with Crippen LogP contribution in [0.3, 0.4) is 0 Å².